The molecule has 0 spiro atoms. The standard InChI is InChI=1S/C17H34N4O2/c1-6-14(3)20(5)13-10-19-17(18-4)21-11-8-15(9-12-21)16(22)23-7-2/h14-15H,6-13H2,1-5H3,(H,18,19). The summed E-state index contributed by atoms with van der Waals surface area (Å²) in [6.45, 7) is 10.4. The van der Waals surface area contributed by atoms with Crippen molar-refractivity contribution in [1.29, 1.82) is 0 Å². The number of piperidine rings is 1. The topological polar surface area (TPSA) is 57.2 Å². The largest absolute Gasteiger partial charge is 0.466 e. The van der Waals surface area contributed by atoms with E-state index in [1.807, 2.05) is 14.0 Å². The quantitative estimate of drug-likeness (QED) is 0.437. The van der Waals surface area contributed by atoms with Gasteiger partial charge in [-0.15, -0.1) is 0 Å². The molecule has 0 aromatic heterocycles. The van der Waals surface area contributed by atoms with E-state index in [0.717, 1.165) is 51.4 Å². The number of guanidine groups is 1. The summed E-state index contributed by atoms with van der Waals surface area (Å²) in [7, 11) is 3.97. The molecule has 1 atom stereocenters. The molecule has 0 aromatic rings. The number of likely N-dealkylation sites (N-methyl/N-ethyl adjacent to an activating group) is 1. The lowest BCUT2D eigenvalue weighted by Gasteiger charge is -2.33. The molecule has 134 valence electrons. The Morgan fingerprint density at radius 1 is 1.39 bits per heavy atom. The van der Waals surface area contributed by atoms with E-state index in [0.29, 0.717) is 12.6 Å². The maximum atomic E-state index is 11.8. The van der Waals surface area contributed by atoms with Crippen LogP contribution in [0.3, 0.4) is 0 Å². The number of nitrogens with zero attached hydrogens (tertiary/aromatic N) is 3. The molecule has 1 aliphatic rings. The highest BCUT2D eigenvalue weighted by molar-refractivity contribution is 5.80. The van der Waals surface area contributed by atoms with Crippen LogP contribution in [0, 0.1) is 5.92 Å². The van der Waals surface area contributed by atoms with Crippen LogP contribution >= 0.6 is 0 Å². The average Bonchev–Trinajstić information content (AvgIpc) is 2.58. The van der Waals surface area contributed by atoms with Gasteiger partial charge < -0.3 is 19.9 Å². The summed E-state index contributed by atoms with van der Waals surface area (Å²) in [5.41, 5.74) is 0. The van der Waals surface area contributed by atoms with E-state index in [-0.39, 0.29) is 11.9 Å². The molecule has 6 heteroatoms. The van der Waals surface area contributed by atoms with Gasteiger partial charge in [-0.3, -0.25) is 9.79 Å². The summed E-state index contributed by atoms with van der Waals surface area (Å²) >= 11 is 0. The fourth-order valence-corrected chi connectivity index (χ4v) is 2.80. The van der Waals surface area contributed by atoms with Crippen LogP contribution in [-0.4, -0.2) is 74.7 Å². The number of hydrogen-bond donors (Lipinski definition) is 1. The van der Waals surface area contributed by atoms with E-state index >= 15 is 0 Å². The van der Waals surface area contributed by atoms with Gasteiger partial charge in [0.05, 0.1) is 12.5 Å². The van der Waals surface area contributed by atoms with Crippen LogP contribution in [0.25, 0.3) is 0 Å². The van der Waals surface area contributed by atoms with E-state index in [9.17, 15) is 4.79 Å². The van der Waals surface area contributed by atoms with Gasteiger partial charge in [0.25, 0.3) is 0 Å². The Bertz CT molecular complexity index is 379. The molecule has 1 aliphatic heterocycles. The van der Waals surface area contributed by atoms with Crippen LogP contribution in [0.1, 0.15) is 40.0 Å². The van der Waals surface area contributed by atoms with Crippen LogP contribution in [0.15, 0.2) is 4.99 Å². The predicted molar refractivity (Wildman–Crippen MR) is 94.7 cm³/mol. The third kappa shape index (κ3) is 6.37. The van der Waals surface area contributed by atoms with Gasteiger partial charge in [-0.05, 0) is 40.2 Å². The molecule has 1 saturated heterocycles. The Morgan fingerprint density at radius 3 is 2.57 bits per heavy atom. The van der Waals surface area contributed by atoms with E-state index < -0.39 is 0 Å². The summed E-state index contributed by atoms with van der Waals surface area (Å²) < 4.78 is 5.12. The number of esters is 1. The molecule has 0 radical (unpaired) electrons. The Hall–Kier alpha value is -1.30. The van der Waals surface area contributed by atoms with Gasteiger partial charge in [0.2, 0.25) is 0 Å². The van der Waals surface area contributed by atoms with Crippen molar-refractivity contribution in [2.75, 3.05) is 46.9 Å². The SMILES string of the molecule is CCOC(=O)C1CCN(C(=NC)NCCN(C)C(C)CC)CC1. The van der Waals surface area contributed by atoms with Gasteiger partial charge in [0, 0.05) is 39.3 Å². The summed E-state index contributed by atoms with van der Waals surface area (Å²) in [5, 5.41) is 3.44. The summed E-state index contributed by atoms with van der Waals surface area (Å²) in [5.74, 6) is 0.927. The minimum Gasteiger partial charge on any atom is -0.466 e. The fraction of sp³-hybridized carbons (Fsp3) is 0.882. The van der Waals surface area contributed by atoms with E-state index in [1.165, 1.54) is 0 Å². The summed E-state index contributed by atoms with van der Waals surface area (Å²) in [6, 6.07) is 0.596. The zero-order valence-electron chi connectivity index (χ0n) is 15.5. The first-order valence-corrected chi connectivity index (χ1v) is 8.85. The molecule has 1 fully saturated rings. The van der Waals surface area contributed by atoms with Crippen molar-refractivity contribution < 1.29 is 9.53 Å². The lowest BCUT2D eigenvalue weighted by atomic mass is 9.97. The van der Waals surface area contributed by atoms with Crippen molar-refractivity contribution in [1.82, 2.24) is 15.1 Å². The van der Waals surface area contributed by atoms with Gasteiger partial charge in [-0.25, -0.2) is 0 Å². The van der Waals surface area contributed by atoms with Crippen molar-refractivity contribution in [3.8, 4) is 0 Å². The van der Waals surface area contributed by atoms with Gasteiger partial charge in [0.15, 0.2) is 5.96 Å². The third-order valence-corrected chi connectivity index (χ3v) is 4.72. The maximum Gasteiger partial charge on any atom is 0.309 e. The molecule has 0 bridgehead atoms. The molecule has 1 heterocycles. The highest BCUT2D eigenvalue weighted by Crippen LogP contribution is 2.18. The monoisotopic (exact) mass is 326 g/mol. The molecule has 1 rings (SSSR count). The van der Waals surface area contributed by atoms with E-state index in [1.54, 1.807) is 0 Å². The van der Waals surface area contributed by atoms with Crippen LogP contribution in [0.5, 0.6) is 0 Å². The number of nitrogens with one attached hydrogen (secondary N) is 1. The number of likely N-dealkylation sites (tertiary alicyclic amines) is 1. The Balaban J connectivity index is 2.35. The molecular weight excluding hydrogens is 292 g/mol. The molecule has 1 unspecified atom stereocenters. The number of carbonyl (C=O) groups excluding carboxylic acids is 1. The van der Waals surface area contributed by atoms with Crippen LogP contribution in [0.4, 0.5) is 0 Å². The van der Waals surface area contributed by atoms with Crippen LogP contribution in [0.2, 0.25) is 0 Å². The van der Waals surface area contributed by atoms with Gasteiger partial charge >= 0.3 is 5.97 Å². The molecule has 0 aliphatic carbocycles. The van der Waals surface area contributed by atoms with Gasteiger partial charge in [0.1, 0.15) is 0 Å². The van der Waals surface area contributed by atoms with Crippen molar-refractivity contribution >= 4 is 11.9 Å². The number of rotatable bonds is 7. The average molecular weight is 326 g/mol. The normalized spacial score (nSPS) is 18.2. The first-order valence-electron chi connectivity index (χ1n) is 8.85. The van der Waals surface area contributed by atoms with Crippen molar-refractivity contribution in [3.63, 3.8) is 0 Å². The highest BCUT2D eigenvalue weighted by Gasteiger charge is 2.27. The first-order chi connectivity index (χ1) is 11.0. The highest BCUT2D eigenvalue weighted by atomic mass is 16.5. The molecule has 0 aromatic carbocycles. The van der Waals surface area contributed by atoms with E-state index in [2.05, 4.69) is 41.0 Å². The number of ether oxygens (including phenoxy) is 1. The molecule has 0 saturated carbocycles. The number of carbonyl (C=O) groups is 1. The van der Waals surface area contributed by atoms with E-state index in [4.69, 9.17) is 4.74 Å². The molecule has 6 nitrogen and oxygen atoms in total. The fourth-order valence-electron chi connectivity index (χ4n) is 2.80. The van der Waals surface area contributed by atoms with Gasteiger partial charge in [-0.1, -0.05) is 6.92 Å². The van der Waals surface area contributed by atoms with Crippen molar-refractivity contribution in [2.45, 2.75) is 46.1 Å². The Morgan fingerprint density at radius 2 is 2.04 bits per heavy atom. The lowest BCUT2D eigenvalue weighted by Crippen LogP contribution is -2.48. The first kappa shape index (κ1) is 19.7. The number of aliphatic imine (C=N–C) groups is 1. The van der Waals surface area contributed by atoms with Crippen molar-refractivity contribution in [3.05, 3.63) is 0 Å². The third-order valence-electron chi connectivity index (χ3n) is 4.72. The summed E-state index contributed by atoms with van der Waals surface area (Å²) in [6.07, 6.45) is 2.84. The minimum atomic E-state index is -0.0507. The number of hydrogen-bond acceptors (Lipinski definition) is 4. The Kier molecular flexibility index (Phi) is 8.99. The molecule has 1 N–H and O–H groups in total. The van der Waals surface area contributed by atoms with Crippen molar-refractivity contribution in [2.24, 2.45) is 10.9 Å². The predicted octanol–water partition coefficient (Wildman–Crippen LogP) is 1.57. The smallest absolute Gasteiger partial charge is 0.309 e. The lowest BCUT2D eigenvalue weighted by molar-refractivity contribution is -0.149. The maximum absolute atomic E-state index is 11.8. The molecule has 23 heavy (non-hydrogen) atoms. The summed E-state index contributed by atoms with van der Waals surface area (Å²) in [4.78, 5) is 20.8. The zero-order valence-corrected chi connectivity index (χ0v) is 15.5. The second kappa shape index (κ2) is 10.5. The van der Waals surface area contributed by atoms with Crippen LogP contribution in [-0.2, 0) is 9.53 Å². The second-order valence-corrected chi connectivity index (χ2v) is 6.23. The zero-order chi connectivity index (χ0) is 17.2. The minimum absolute atomic E-state index is 0.0424. The Labute approximate surface area is 141 Å². The second-order valence-electron chi connectivity index (χ2n) is 6.23. The molecule has 0 amide bonds. The molecular formula is C17H34N4O2. The van der Waals surface area contributed by atoms with Gasteiger partial charge in [-0.2, -0.15) is 0 Å². The van der Waals surface area contributed by atoms with Crippen LogP contribution < -0.4 is 5.32 Å².